The highest BCUT2D eigenvalue weighted by atomic mass is 35.5. The summed E-state index contributed by atoms with van der Waals surface area (Å²) in [5, 5.41) is 7.63. The van der Waals surface area contributed by atoms with E-state index in [0.717, 1.165) is 16.7 Å². The van der Waals surface area contributed by atoms with Crippen molar-refractivity contribution in [3.63, 3.8) is 0 Å². The van der Waals surface area contributed by atoms with E-state index in [1.165, 1.54) is 6.33 Å². The van der Waals surface area contributed by atoms with Crippen LogP contribution in [0.25, 0.3) is 0 Å². The normalized spacial score (nSPS) is 11.8. The number of nitrogens with one attached hydrogen (secondary N) is 1. The monoisotopic (exact) mass is 384 g/mol. The molecule has 0 saturated carbocycles. The number of aryl methyl sites for hydroxylation is 1. The largest absolute Gasteiger partial charge is 0.481 e. The molecule has 0 spiro atoms. The molecule has 1 aromatic heterocycles. The van der Waals surface area contributed by atoms with Gasteiger partial charge in [-0.05, 0) is 48.7 Å². The Kier molecular flexibility index (Phi) is 6.08. The maximum atomic E-state index is 12.3. The molecule has 3 aromatic rings. The van der Waals surface area contributed by atoms with E-state index in [4.69, 9.17) is 16.3 Å². The van der Waals surface area contributed by atoms with Crippen molar-refractivity contribution in [2.24, 2.45) is 0 Å². The predicted molar refractivity (Wildman–Crippen MR) is 104 cm³/mol. The van der Waals surface area contributed by atoms with E-state index in [0.29, 0.717) is 23.9 Å². The summed E-state index contributed by atoms with van der Waals surface area (Å²) in [6.45, 7) is 4.73. The highest BCUT2D eigenvalue weighted by Gasteiger charge is 2.15. The molecule has 1 heterocycles. The fourth-order valence-electron chi connectivity index (χ4n) is 2.59. The van der Waals surface area contributed by atoms with Gasteiger partial charge in [-0.1, -0.05) is 35.9 Å². The number of rotatable bonds is 7. The highest BCUT2D eigenvalue weighted by molar-refractivity contribution is 6.30. The first-order valence-electron chi connectivity index (χ1n) is 8.62. The Morgan fingerprint density at radius 3 is 2.63 bits per heavy atom. The minimum Gasteiger partial charge on any atom is -0.481 e. The zero-order chi connectivity index (χ0) is 19.2. The lowest BCUT2D eigenvalue weighted by atomic mass is 10.1. The molecule has 7 heteroatoms. The standard InChI is InChI=1S/C20H21ClN4O2/c1-14-9-18(21)7-8-19(14)27-15(2)20(26)23-10-16-3-5-17(6-4-16)11-25-13-22-12-24-25/h3-9,12-13,15H,10-11H2,1-2H3,(H,23,26). The zero-order valence-electron chi connectivity index (χ0n) is 15.2. The van der Waals surface area contributed by atoms with Crippen LogP contribution >= 0.6 is 11.6 Å². The van der Waals surface area contributed by atoms with Crippen LogP contribution in [0.2, 0.25) is 5.02 Å². The summed E-state index contributed by atoms with van der Waals surface area (Å²) in [5.41, 5.74) is 3.02. The summed E-state index contributed by atoms with van der Waals surface area (Å²) in [5.74, 6) is 0.482. The fourth-order valence-corrected chi connectivity index (χ4v) is 2.81. The zero-order valence-corrected chi connectivity index (χ0v) is 16.0. The molecule has 0 bridgehead atoms. The Labute approximate surface area is 163 Å². The minimum absolute atomic E-state index is 0.170. The molecule has 0 aliphatic rings. The molecule has 27 heavy (non-hydrogen) atoms. The van der Waals surface area contributed by atoms with Crippen molar-refractivity contribution in [3.8, 4) is 5.75 Å². The molecule has 0 saturated heterocycles. The van der Waals surface area contributed by atoms with Crippen LogP contribution in [0, 0.1) is 6.92 Å². The summed E-state index contributed by atoms with van der Waals surface area (Å²) in [7, 11) is 0. The van der Waals surface area contributed by atoms with E-state index < -0.39 is 6.10 Å². The number of hydrogen-bond donors (Lipinski definition) is 1. The summed E-state index contributed by atoms with van der Waals surface area (Å²) in [4.78, 5) is 16.2. The average molecular weight is 385 g/mol. The molecule has 6 nitrogen and oxygen atoms in total. The lowest BCUT2D eigenvalue weighted by molar-refractivity contribution is -0.127. The topological polar surface area (TPSA) is 69.0 Å². The molecule has 1 atom stereocenters. The van der Waals surface area contributed by atoms with Gasteiger partial charge in [0.2, 0.25) is 0 Å². The molecule has 1 N–H and O–H groups in total. The molecule has 140 valence electrons. The fraction of sp³-hybridized carbons (Fsp3) is 0.250. The third-order valence-electron chi connectivity index (χ3n) is 4.11. The molecule has 0 aliphatic heterocycles. The molecular formula is C20H21ClN4O2. The van der Waals surface area contributed by atoms with Gasteiger partial charge in [-0.15, -0.1) is 0 Å². The Balaban J connectivity index is 1.50. The lowest BCUT2D eigenvalue weighted by Gasteiger charge is -2.16. The van der Waals surface area contributed by atoms with Crippen molar-refractivity contribution in [1.29, 1.82) is 0 Å². The third kappa shape index (κ3) is 5.31. The smallest absolute Gasteiger partial charge is 0.261 e. The number of nitrogens with zero attached hydrogens (tertiary/aromatic N) is 3. The summed E-state index contributed by atoms with van der Waals surface area (Å²) in [6, 6.07) is 13.3. The summed E-state index contributed by atoms with van der Waals surface area (Å²) >= 11 is 5.94. The Morgan fingerprint density at radius 1 is 1.22 bits per heavy atom. The maximum absolute atomic E-state index is 12.3. The number of benzene rings is 2. The van der Waals surface area contributed by atoms with Gasteiger partial charge in [-0.3, -0.25) is 4.79 Å². The first-order valence-corrected chi connectivity index (χ1v) is 9.00. The maximum Gasteiger partial charge on any atom is 0.261 e. The van der Waals surface area contributed by atoms with Gasteiger partial charge in [0, 0.05) is 11.6 Å². The van der Waals surface area contributed by atoms with E-state index in [2.05, 4.69) is 15.4 Å². The number of hydrogen-bond acceptors (Lipinski definition) is 4. The van der Waals surface area contributed by atoms with Gasteiger partial charge in [-0.25, -0.2) is 9.67 Å². The number of ether oxygens (including phenoxy) is 1. The van der Waals surface area contributed by atoms with Gasteiger partial charge < -0.3 is 10.1 Å². The van der Waals surface area contributed by atoms with Gasteiger partial charge in [0.1, 0.15) is 18.4 Å². The molecule has 1 amide bonds. The van der Waals surface area contributed by atoms with Gasteiger partial charge in [-0.2, -0.15) is 5.10 Å². The van der Waals surface area contributed by atoms with Crippen molar-refractivity contribution >= 4 is 17.5 Å². The van der Waals surface area contributed by atoms with Crippen molar-refractivity contribution in [2.75, 3.05) is 0 Å². The first kappa shape index (κ1) is 18.9. The van der Waals surface area contributed by atoms with Gasteiger partial charge >= 0.3 is 0 Å². The number of carbonyl (C=O) groups excluding carboxylic acids is 1. The molecule has 2 aromatic carbocycles. The van der Waals surface area contributed by atoms with E-state index in [1.807, 2.05) is 37.3 Å². The molecule has 1 unspecified atom stereocenters. The predicted octanol–water partition coefficient (Wildman–Crippen LogP) is 3.37. The van der Waals surface area contributed by atoms with Crippen LogP contribution in [-0.4, -0.2) is 26.8 Å². The quantitative estimate of drug-likeness (QED) is 0.678. The van der Waals surface area contributed by atoms with Crippen molar-refractivity contribution < 1.29 is 9.53 Å². The molecular weight excluding hydrogens is 364 g/mol. The van der Waals surface area contributed by atoms with E-state index in [-0.39, 0.29) is 5.91 Å². The second-order valence-corrected chi connectivity index (χ2v) is 6.73. The van der Waals surface area contributed by atoms with Gasteiger partial charge in [0.05, 0.1) is 6.54 Å². The van der Waals surface area contributed by atoms with E-state index in [9.17, 15) is 4.79 Å². The number of carbonyl (C=O) groups is 1. The lowest BCUT2D eigenvalue weighted by Crippen LogP contribution is -2.36. The third-order valence-corrected chi connectivity index (χ3v) is 4.35. The van der Waals surface area contributed by atoms with Crippen LogP contribution in [0.5, 0.6) is 5.75 Å². The second-order valence-electron chi connectivity index (χ2n) is 6.30. The van der Waals surface area contributed by atoms with Crippen LogP contribution in [0.1, 0.15) is 23.6 Å². The summed E-state index contributed by atoms with van der Waals surface area (Å²) in [6.07, 6.45) is 2.59. The van der Waals surface area contributed by atoms with Crippen molar-refractivity contribution in [2.45, 2.75) is 33.0 Å². The number of aromatic nitrogens is 3. The highest BCUT2D eigenvalue weighted by Crippen LogP contribution is 2.22. The summed E-state index contributed by atoms with van der Waals surface area (Å²) < 4.78 is 7.50. The van der Waals surface area contributed by atoms with Gasteiger partial charge in [0.15, 0.2) is 6.10 Å². The van der Waals surface area contributed by atoms with Crippen molar-refractivity contribution in [3.05, 3.63) is 76.8 Å². The molecule has 3 rings (SSSR count). The SMILES string of the molecule is Cc1cc(Cl)ccc1OC(C)C(=O)NCc1ccc(Cn2cncn2)cc1. The molecule has 0 aliphatic carbocycles. The van der Waals surface area contributed by atoms with Crippen LogP contribution in [0.15, 0.2) is 55.1 Å². The molecule has 0 radical (unpaired) electrons. The molecule has 0 fully saturated rings. The Bertz CT molecular complexity index is 895. The Hall–Kier alpha value is -2.86. The van der Waals surface area contributed by atoms with E-state index in [1.54, 1.807) is 30.1 Å². The first-order chi connectivity index (χ1) is 13.0. The Morgan fingerprint density at radius 2 is 1.96 bits per heavy atom. The van der Waals surface area contributed by atoms with Crippen molar-refractivity contribution in [1.82, 2.24) is 20.1 Å². The minimum atomic E-state index is -0.600. The van der Waals surface area contributed by atoms with Crippen LogP contribution < -0.4 is 10.1 Å². The van der Waals surface area contributed by atoms with Crippen LogP contribution in [-0.2, 0) is 17.9 Å². The second kappa shape index (κ2) is 8.68. The average Bonchev–Trinajstić information content (AvgIpc) is 3.16. The number of halogens is 1. The van der Waals surface area contributed by atoms with E-state index >= 15 is 0 Å². The van der Waals surface area contributed by atoms with Crippen LogP contribution in [0.3, 0.4) is 0 Å². The van der Waals surface area contributed by atoms with Gasteiger partial charge in [0.25, 0.3) is 5.91 Å². The van der Waals surface area contributed by atoms with Crippen LogP contribution in [0.4, 0.5) is 0 Å². The number of amides is 1.